The third kappa shape index (κ3) is 3.99. The Kier molecular flexibility index (Phi) is 6.78. The van der Waals surface area contributed by atoms with Crippen molar-refractivity contribution in [2.24, 2.45) is 5.92 Å². The number of hydrogen-bond acceptors (Lipinski definition) is 1. The summed E-state index contributed by atoms with van der Waals surface area (Å²) >= 11 is 0. The summed E-state index contributed by atoms with van der Waals surface area (Å²) in [5, 5.41) is 0. The molecular weight excluding hydrogens is 224 g/mol. The molecule has 98 valence electrons. The van der Waals surface area contributed by atoms with Crippen LogP contribution < -0.4 is 0 Å². The largest absolute Gasteiger partial charge is 0.303 e. The zero-order valence-electron chi connectivity index (χ0n) is 12.5. The second-order valence-electron chi connectivity index (χ2n) is 5.97. The van der Waals surface area contributed by atoms with Crippen LogP contribution in [0.15, 0.2) is 0 Å². The highest BCUT2D eigenvalue weighted by Crippen LogP contribution is 2.40. The molecule has 0 saturated heterocycles. The maximum atomic E-state index is 10.5. The average Bonchev–Trinajstić information content (AvgIpc) is 2.17. The van der Waals surface area contributed by atoms with Crippen LogP contribution in [0.3, 0.4) is 0 Å². The van der Waals surface area contributed by atoms with Crippen molar-refractivity contribution in [2.75, 3.05) is 0 Å². The van der Waals surface area contributed by atoms with E-state index < -0.39 is 8.07 Å². The third-order valence-electron chi connectivity index (χ3n) is 3.85. The van der Waals surface area contributed by atoms with Crippen LogP contribution in [0.25, 0.3) is 0 Å². The molecular formula is C15H28OSi. The Bertz CT molecular complexity index is 272. The van der Waals surface area contributed by atoms with Gasteiger partial charge in [-0.15, -0.1) is 11.5 Å². The molecule has 0 aromatic rings. The van der Waals surface area contributed by atoms with Crippen molar-refractivity contribution < 1.29 is 4.79 Å². The van der Waals surface area contributed by atoms with Gasteiger partial charge in [0.05, 0.1) is 0 Å². The van der Waals surface area contributed by atoms with Gasteiger partial charge in [-0.05, 0) is 16.6 Å². The number of aldehydes is 1. The quantitative estimate of drug-likeness (QED) is 0.402. The highest BCUT2D eigenvalue weighted by molar-refractivity contribution is 6.90. The first kappa shape index (κ1) is 16.4. The number of carbonyl (C=O) groups is 1. The van der Waals surface area contributed by atoms with Gasteiger partial charge in [0, 0.05) is 12.3 Å². The molecule has 0 aliphatic carbocycles. The van der Waals surface area contributed by atoms with Gasteiger partial charge in [-0.2, -0.15) is 0 Å². The van der Waals surface area contributed by atoms with E-state index in [2.05, 4.69) is 53.0 Å². The Hall–Kier alpha value is -0.553. The van der Waals surface area contributed by atoms with E-state index >= 15 is 0 Å². The van der Waals surface area contributed by atoms with Crippen molar-refractivity contribution in [1.82, 2.24) is 0 Å². The molecule has 17 heavy (non-hydrogen) atoms. The molecule has 1 nitrogen and oxygen atoms in total. The molecule has 1 unspecified atom stereocenters. The average molecular weight is 252 g/mol. The van der Waals surface area contributed by atoms with E-state index in [4.69, 9.17) is 0 Å². The first-order valence-corrected chi connectivity index (χ1v) is 8.98. The Labute approximate surface area is 108 Å². The summed E-state index contributed by atoms with van der Waals surface area (Å²) in [6, 6.07) is 0. The highest BCUT2D eigenvalue weighted by atomic mass is 28.3. The molecule has 0 aliphatic heterocycles. The van der Waals surface area contributed by atoms with Gasteiger partial charge in [-0.25, -0.2) is 0 Å². The normalized spacial score (nSPS) is 13.8. The molecule has 1 atom stereocenters. The lowest BCUT2D eigenvalue weighted by Crippen LogP contribution is -2.43. The summed E-state index contributed by atoms with van der Waals surface area (Å²) in [7, 11) is -1.60. The van der Waals surface area contributed by atoms with Crippen molar-refractivity contribution in [1.29, 1.82) is 0 Å². The second kappa shape index (κ2) is 7.01. The van der Waals surface area contributed by atoms with Crippen LogP contribution in [0.1, 0.15) is 54.9 Å². The monoisotopic (exact) mass is 252 g/mol. The van der Waals surface area contributed by atoms with Crippen LogP contribution in [0.4, 0.5) is 0 Å². The van der Waals surface area contributed by atoms with E-state index in [1.165, 1.54) is 0 Å². The highest BCUT2D eigenvalue weighted by Gasteiger charge is 2.41. The lowest BCUT2D eigenvalue weighted by atomic mass is 10.1. The first-order valence-electron chi connectivity index (χ1n) is 6.75. The molecule has 0 amide bonds. The minimum atomic E-state index is -1.60. The van der Waals surface area contributed by atoms with Crippen LogP contribution in [-0.4, -0.2) is 14.4 Å². The molecule has 0 bridgehead atoms. The van der Waals surface area contributed by atoms with Gasteiger partial charge in [0.1, 0.15) is 14.4 Å². The predicted molar refractivity (Wildman–Crippen MR) is 78.7 cm³/mol. The van der Waals surface area contributed by atoms with Gasteiger partial charge in [-0.3, -0.25) is 0 Å². The van der Waals surface area contributed by atoms with E-state index in [1.54, 1.807) is 0 Å². The molecule has 0 spiro atoms. The lowest BCUT2D eigenvalue weighted by molar-refractivity contribution is -0.108. The fourth-order valence-electron chi connectivity index (χ4n) is 2.88. The Morgan fingerprint density at radius 2 is 1.35 bits per heavy atom. The van der Waals surface area contributed by atoms with Crippen LogP contribution in [0.5, 0.6) is 0 Å². The third-order valence-corrected chi connectivity index (χ3v) is 10.2. The zero-order chi connectivity index (χ0) is 13.6. The van der Waals surface area contributed by atoms with Gasteiger partial charge in [0.15, 0.2) is 0 Å². The summed E-state index contributed by atoms with van der Waals surface area (Å²) in [4.78, 5) is 10.5. The summed E-state index contributed by atoms with van der Waals surface area (Å²) in [6.07, 6.45) is 1.54. The first-order chi connectivity index (χ1) is 7.78. The van der Waals surface area contributed by atoms with Crippen molar-refractivity contribution in [3.05, 3.63) is 0 Å². The molecule has 0 aromatic carbocycles. The summed E-state index contributed by atoms with van der Waals surface area (Å²) < 4.78 is 0. The summed E-state index contributed by atoms with van der Waals surface area (Å²) in [6.45, 7) is 15.9. The van der Waals surface area contributed by atoms with Crippen LogP contribution in [0.2, 0.25) is 16.6 Å². The number of carbonyl (C=O) groups excluding carboxylic acids is 1. The molecule has 0 saturated carbocycles. The van der Waals surface area contributed by atoms with Gasteiger partial charge in [0.2, 0.25) is 0 Å². The minimum absolute atomic E-state index is 0.204. The van der Waals surface area contributed by atoms with Crippen LogP contribution in [-0.2, 0) is 4.79 Å². The van der Waals surface area contributed by atoms with Crippen molar-refractivity contribution >= 4 is 14.4 Å². The molecule has 0 rings (SSSR count). The molecule has 0 aliphatic rings. The molecule has 0 N–H and O–H groups in total. The van der Waals surface area contributed by atoms with Crippen molar-refractivity contribution in [2.45, 2.75) is 71.5 Å². The van der Waals surface area contributed by atoms with Crippen molar-refractivity contribution in [3.8, 4) is 11.5 Å². The van der Waals surface area contributed by atoms with Gasteiger partial charge >= 0.3 is 0 Å². The topological polar surface area (TPSA) is 17.1 Å². The van der Waals surface area contributed by atoms with E-state index in [0.717, 1.165) is 6.29 Å². The molecule has 2 heteroatoms. The van der Waals surface area contributed by atoms with Gasteiger partial charge in [0.25, 0.3) is 0 Å². The number of hydrogen-bond donors (Lipinski definition) is 0. The Morgan fingerprint density at radius 1 is 0.941 bits per heavy atom. The SMILES string of the molecule is CC(C#C[Si](C(C)C)(C(C)C)C(C)C)CC=O. The Balaban J connectivity index is 5.25. The summed E-state index contributed by atoms with van der Waals surface area (Å²) in [5.41, 5.74) is 5.64. The van der Waals surface area contributed by atoms with Gasteiger partial charge < -0.3 is 4.79 Å². The number of rotatable bonds is 5. The zero-order valence-corrected chi connectivity index (χ0v) is 13.5. The lowest BCUT2D eigenvalue weighted by Gasteiger charge is -2.38. The minimum Gasteiger partial charge on any atom is -0.303 e. The standard InChI is InChI=1S/C15H28OSi/c1-12(2)17(13(3)4,14(5)6)11-9-15(7)8-10-16/h10,12-15H,8H2,1-7H3. The smallest absolute Gasteiger partial charge is 0.145 e. The van der Waals surface area contributed by atoms with Gasteiger partial charge in [-0.1, -0.05) is 48.5 Å². The molecule has 0 radical (unpaired) electrons. The fourth-order valence-corrected chi connectivity index (χ4v) is 8.25. The van der Waals surface area contributed by atoms with E-state index in [-0.39, 0.29) is 5.92 Å². The van der Waals surface area contributed by atoms with Crippen molar-refractivity contribution in [3.63, 3.8) is 0 Å². The Morgan fingerprint density at radius 3 is 1.65 bits per heavy atom. The van der Waals surface area contributed by atoms with Crippen LogP contribution in [0, 0.1) is 17.4 Å². The predicted octanol–water partition coefficient (Wildman–Crippen LogP) is 4.43. The maximum absolute atomic E-state index is 10.5. The van der Waals surface area contributed by atoms with Crippen LogP contribution >= 0.6 is 0 Å². The van der Waals surface area contributed by atoms with E-state index in [9.17, 15) is 4.79 Å². The fraction of sp³-hybridized carbons (Fsp3) is 0.800. The second-order valence-corrected chi connectivity index (χ2v) is 11.5. The molecule has 0 aromatic heterocycles. The van der Waals surface area contributed by atoms with E-state index in [1.807, 2.05) is 6.92 Å². The molecule has 0 heterocycles. The maximum Gasteiger partial charge on any atom is 0.145 e. The van der Waals surface area contributed by atoms with E-state index in [0.29, 0.717) is 23.0 Å². The summed E-state index contributed by atoms with van der Waals surface area (Å²) in [5.74, 6) is 3.55. The molecule has 0 fully saturated rings.